The van der Waals surface area contributed by atoms with Gasteiger partial charge in [0.15, 0.2) is 5.79 Å². The van der Waals surface area contributed by atoms with Gasteiger partial charge in [-0.3, -0.25) is 9.59 Å². The van der Waals surface area contributed by atoms with E-state index in [1.807, 2.05) is 18.2 Å². The molecule has 2 aliphatic heterocycles. The number of aliphatic hydroxyl groups is 1. The van der Waals surface area contributed by atoms with Gasteiger partial charge in [-0.15, -0.1) is 0 Å². The van der Waals surface area contributed by atoms with Crippen LogP contribution in [0.4, 0.5) is 4.79 Å². The molecule has 1 aliphatic carbocycles. The SMILES string of the molecule is COC[C@H]1C[C@@H]2C(=O)N(C(=O)OC)C(=O)[C@@H]2[C@@H]2C[C@@H](c3ccc(O)c4ccccc34)O[C@]12O. The van der Waals surface area contributed by atoms with Gasteiger partial charge in [-0.25, -0.2) is 4.79 Å². The molecule has 0 aromatic heterocycles. The average molecular weight is 455 g/mol. The van der Waals surface area contributed by atoms with Gasteiger partial charge in [-0.05, 0) is 29.9 Å². The fourth-order valence-corrected chi connectivity index (χ4v) is 5.93. The summed E-state index contributed by atoms with van der Waals surface area (Å²) in [5.41, 5.74) is 0.764. The van der Waals surface area contributed by atoms with Crippen molar-refractivity contribution in [1.82, 2.24) is 4.90 Å². The second kappa shape index (κ2) is 7.79. The summed E-state index contributed by atoms with van der Waals surface area (Å²) in [7, 11) is 2.60. The molecule has 3 fully saturated rings. The van der Waals surface area contributed by atoms with E-state index in [0.717, 1.165) is 18.1 Å². The Morgan fingerprint density at radius 2 is 1.85 bits per heavy atom. The van der Waals surface area contributed by atoms with Crippen molar-refractivity contribution < 1.29 is 38.8 Å². The third-order valence-corrected chi connectivity index (χ3v) is 7.37. The number of carbonyl (C=O) groups is 3. The van der Waals surface area contributed by atoms with Gasteiger partial charge in [0.2, 0.25) is 11.8 Å². The van der Waals surface area contributed by atoms with Crippen LogP contribution in [0.15, 0.2) is 36.4 Å². The Morgan fingerprint density at radius 1 is 1.12 bits per heavy atom. The minimum atomic E-state index is -1.72. The van der Waals surface area contributed by atoms with Crippen molar-refractivity contribution in [3.63, 3.8) is 0 Å². The molecule has 3 aliphatic rings. The number of aromatic hydroxyl groups is 1. The van der Waals surface area contributed by atoms with E-state index in [1.54, 1.807) is 18.2 Å². The highest BCUT2D eigenvalue weighted by atomic mass is 16.6. The van der Waals surface area contributed by atoms with E-state index in [9.17, 15) is 24.6 Å². The van der Waals surface area contributed by atoms with Gasteiger partial charge >= 0.3 is 6.09 Å². The second-order valence-electron chi connectivity index (χ2n) is 8.92. The molecule has 2 heterocycles. The van der Waals surface area contributed by atoms with E-state index in [1.165, 1.54) is 7.11 Å². The highest BCUT2D eigenvalue weighted by Crippen LogP contribution is 2.58. The number of hydrogen-bond donors (Lipinski definition) is 2. The molecule has 2 saturated heterocycles. The number of benzene rings is 2. The van der Waals surface area contributed by atoms with E-state index in [0.29, 0.717) is 10.3 Å². The number of hydrogen-bond acceptors (Lipinski definition) is 8. The molecule has 3 amide bonds. The summed E-state index contributed by atoms with van der Waals surface area (Å²) < 4.78 is 16.2. The lowest BCUT2D eigenvalue weighted by Gasteiger charge is -2.44. The van der Waals surface area contributed by atoms with Crippen LogP contribution in [-0.4, -0.2) is 59.6 Å². The number of fused-ring (bicyclic) bond motifs is 4. The average Bonchev–Trinajstić information content (AvgIpc) is 3.28. The third kappa shape index (κ3) is 3.07. The van der Waals surface area contributed by atoms with Gasteiger partial charge in [0, 0.05) is 24.3 Å². The molecule has 9 heteroatoms. The van der Waals surface area contributed by atoms with E-state index >= 15 is 0 Å². The molecule has 0 radical (unpaired) electrons. The van der Waals surface area contributed by atoms with Crippen LogP contribution in [0.5, 0.6) is 5.75 Å². The largest absolute Gasteiger partial charge is 0.507 e. The molecule has 2 N–H and O–H groups in total. The smallest absolute Gasteiger partial charge is 0.423 e. The molecular weight excluding hydrogens is 430 g/mol. The number of amides is 3. The summed E-state index contributed by atoms with van der Waals surface area (Å²) >= 11 is 0. The molecule has 6 atom stereocenters. The quantitative estimate of drug-likeness (QED) is 0.677. The Kier molecular flexibility index (Phi) is 5.15. The first-order valence-electron chi connectivity index (χ1n) is 10.9. The number of methoxy groups -OCH3 is 2. The Labute approximate surface area is 189 Å². The molecule has 1 saturated carbocycles. The lowest BCUT2D eigenvalue weighted by Crippen LogP contribution is -2.54. The van der Waals surface area contributed by atoms with E-state index < -0.39 is 53.5 Å². The standard InChI is InChI=1S/C24H25NO8/c1-31-11-12-9-16-20(22(28)25(21(16)27)23(29)32-2)17-10-19(33-24(12,17)30)15-7-8-18(26)14-6-4-3-5-13(14)15/h3-8,12,16-17,19-20,26,30H,9-11H2,1-2H3/t12-,16+,17+,19+,20+,24-/m1/s1. The van der Waals surface area contributed by atoms with Gasteiger partial charge in [-0.2, -0.15) is 4.90 Å². The number of imide groups is 3. The van der Waals surface area contributed by atoms with Crippen molar-refractivity contribution >= 4 is 28.7 Å². The summed E-state index contributed by atoms with van der Waals surface area (Å²) in [6.45, 7) is 0.124. The minimum Gasteiger partial charge on any atom is -0.507 e. The summed E-state index contributed by atoms with van der Waals surface area (Å²) in [5, 5.41) is 23.4. The molecule has 0 unspecified atom stereocenters. The maximum atomic E-state index is 13.2. The van der Waals surface area contributed by atoms with E-state index in [4.69, 9.17) is 9.47 Å². The first-order valence-corrected chi connectivity index (χ1v) is 10.9. The number of phenolic OH excluding ortho intramolecular Hbond substituents is 1. The normalized spacial score (nSPS) is 33.3. The summed E-state index contributed by atoms with van der Waals surface area (Å²) in [6.07, 6.45) is -1.20. The molecule has 9 nitrogen and oxygen atoms in total. The second-order valence-corrected chi connectivity index (χ2v) is 8.92. The number of phenols is 1. The maximum Gasteiger partial charge on any atom is 0.423 e. The molecule has 174 valence electrons. The topological polar surface area (TPSA) is 123 Å². The monoisotopic (exact) mass is 455 g/mol. The van der Waals surface area contributed by atoms with Crippen LogP contribution >= 0.6 is 0 Å². The number of nitrogens with zero attached hydrogens (tertiary/aromatic N) is 1. The zero-order valence-corrected chi connectivity index (χ0v) is 18.3. The zero-order valence-electron chi connectivity index (χ0n) is 18.3. The van der Waals surface area contributed by atoms with Crippen molar-refractivity contribution in [1.29, 1.82) is 0 Å². The zero-order chi connectivity index (χ0) is 23.5. The Balaban J connectivity index is 1.57. The fourth-order valence-electron chi connectivity index (χ4n) is 5.93. The van der Waals surface area contributed by atoms with Crippen molar-refractivity contribution in [2.24, 2.45) is 23.7 Å². The molecule has 33 heavy (non-hydrogen) atoms. The van der Waals surface area contributed by atoms with Crippen molar-refractivity contribution in [3.05, 3.63) is 42.0 Å². The summed E-state index contributed by atoms with van der Waals surface area (Å²) in [4.78, 5) is 38.8. The highest BCUT2D eigenvalue weighted by Gasteiger charge is 2.67. The Bertz CT molecular complexity index is 1150. The number of rotatable bonds is 3. The van der Waals surface area contributed by atoms with E-state index in [-0.39, 0.29) is 25.2 Å². The summed E-state index contributed by atoms with van der Waals surface area (Å²) in [6, 6.07) is 10.6. The molecule has 2 aromatic carbocycles. The van der Waals surface area contributed by atoms with Gasteiger partial charge in [-0.1, -0.05) is 30.3 Å². The Morgan fingerprint density at radius 3 is 2.55 bits per heavy atom. The van der Waals surface area contributed by atoms with Crippen LogP contribution in [0, 0.1) is 23.7 Å². The van der Waals surface area contributed by atoms with Crippen LogP contribution < -0.4 is 0 Å². The van der Waals surface area contributed by atoms with Crippen molar-refractivity contribution in [2.75, 3.05) is 20.8 Å². The van der Waals surface area contributed by atoms with Crippen molar-refractivity contribution in [2.45, 2.75) is 24.7 Å². The van der Waals surface area contributed by atoms with Gasteiger partial charge in [0.1, 0.15) is 5.75 Å². The van der Waals surface area contributed by atoms with Crippen LogP contribution in [-0.2, 0) is 23.8 Å². The Hall–Kier alpha value is -3.01. The van der Waals surface area contributed by atoms with Crippen LogP contribution in [0.25, 0.3) is 10.8 Å². The van der Waals surface area contributed by atoms with Gasteiger partial charge in [0.05, 0.1) is 31.7 Å². The third-order valence-electron chi connectivity index (χ3n) is 7.37. The molecule has 0 spiro atoms. The van der Waals surface area contributed by atoms with Gasteiger partial charge in [0.25, 0.3) is 0 Å². The molecule has 2 aromatic rings. The van der Waals surface area contributed by atoms with Crippen LogP contribution in [0.3, 0.4) is 0 Å². The first-order chi connectivity index (χ1) is 15.8. The molecular formula is C24H25NO8. The molecule has 0 bridgehead atoms. The maximum absolute atomic E-state index is 13.2. The number of likely N-dealkylation sites (tertiary alicyclic amines) is 1. The van der Waals surface area contributed by atoms with Gasteiger partial charge < -0.3 is 24.4 Å². The number of carbonyl (C=O) groups excluding carboxylic acids is 3. The number of ether oxygens (including phenoxy) is 3. The van der Waals surface area contributed by atoms with Crippen molar-refractivity contribution in [3.8, 4) is 5.75 Å². The lowest BCUT2D eigenvalue weighted by atomic mass is 9.64. The molecule has 5 rings (SSSR count). The minimum absolute atomic E-state index is 0.124. The van der Waals surface area contributed by atoms with E-state index in [2.05, 4.69) is 4.74 Å². The summed E-state index contributed by atoms with van der Waals surface area (Å²) in [5.74, 6) is -5.83. The predicted octanol–water partition coefficient (Wildman–Crippen LogP) is 2.35. The van der Waals surface area contributed by atoms with Crippen LogP contribution in [0.2, 0.25) is 0 Å². The fraction of sp³-hybridized carbons (Fsp3) is 0.458. The predicted molar refractivity (Wildman–Crippen MR) is 114 cm³/mol. The first kappa shape index (κ1) is 21.8. The van der Waals surface area contributed by atoms with Crippen LogP contribution in [0.1, 0.15) is 24.5 Å². The highest BCUT2D eigenvalue weighted by molar-refractivity contribution is 6.15. The lowest BCUT2D eigenvalue weighted by molar-refractivity contribution is -0.275.